The molecule has 228 valence electrons. The highest BCUT2D eigenvalue weighted by Crippen LogP contribution is 2.44. The zero-order chi connectivity index (χ0) is 32.2. The van der Waals surface area contributed by atoms with E-state index in [9.17, 15) is 0 Å². The number of fused-ring (bicyclic) bond motifs is 3. The van der Waals surface area contributed by atoms with Gasteiger partial charge in [-0.3, -0.25) is 0 Å². The van der Waals surface area contributed by atoms with Gasteiger partial charge >= 0.3 is 0 Å². The molecule has 0 bridgehead atoms. The van der Waals surface area contributed by atoms with Crippen molar-refractivity contribution in [3.05, 3.63) is 179 Å². The third kappa shape index (κ3) is 4.68. The number of hydrogen-bond acceptors (Lipinski definition) is 0. The molecule has 7 aromatic rings. The Kier molecular flexibility index (Phi) is 7.01. The van der Waals surface area contributed by atoms with E-state index in [1.165, 1.54) is 88.1 Å². The second kappa shape index (κ2) is 11.7. The van der Waals surface area contributed by atoms with Crippen LogP contribution in [0.1, 0.15) is 29.5 Å². The second-order valence-electron chi connectivity index (χ2n) is 13.6. The second-order valence-corrected chi connectivity index (χ2v) is 13.6. The van der Waals surface area contributed by atoms with Crippen LogP contribution in [0.25, 0.3) is 54.9 Å². The highest BCUT2D eigenvalue weighted by atomic mass is 14.2. The largest absolute Gasteiger partial charge is 0.238 e. The zero-order valence-electron chi connectivity index (χ0n) is 27.6. The maximum Gasteiger partial charge on any atom is 0.238 e. The molecule has 0 atom stereocenters. The predicted molar refractivity (Wildman–Crippen MR) is 208 cm³/mol. The first-order valence-electron chi connectivity index (χ1n) is 17.3. The molecule has 0 aromatic heterocycles. The Balaban J connectivity index is 1.22. The minimum atomic E-state index is 0.330. The molecule has 1 heterocycles. The number of allylic oxidation sites excluding steroid dienone is 4. The summed E-state index contributed by atoms with van der Waals surface area (Å²) in [6, 6.07) is 51.9. The van der Waals surface area contributed by atoms with Crippen molar-refractivity contribution in [3.63, 3.8) is 0 Å². The summed E-state index contributed by atoms with van der Waals surface area (Å²) in [7, 11) is 0. The van der Waals surface area contributed by atoms with Gasteiger partial charge in [-0.1, -0.05) is 179 Å². The van der Waals surface area contributed by atoms with Crippen LogP contribution < -0.4 is 10.9 Å². The van der Waals surface area contributed by atoms with Gasteiger partial charge in [-0.2, -0.15) is 0 Å². The van der Waals surface area contributed by atoms with Crippen LogP contribution in [0.3, 0.4) is 0 Å². The monoisotopic (exact) mass is 612 g/mol. The molecule has 0 saturated carbocycles. The van der Waals surface area contributed by atoms with Crippen molar-refractivity contribution in [3.8, 4) is 33.4 Å². The fraction of sp³-hybridized carbons (Fsp3) is 0.106. The molecule has 0 radical (unpaired) electrons. The van der Waals surface area contributed by atoms with Crippen LogP contribution in [0.4, 0.5) is 0 Å². The predicted octanol–water partition coefficient (Wildman–Crippen LogP) is 11.0. The smallest absolute Gasteiger partial charge is 0.0869 e. The fourth-order valence-electron chi connectivity index (χ4n) is 8.67. The molecule has 0 saturated heterocycles. The number of aryl methyl sites for hydroxylation is 2. The van der Waals surface area contributed by atoms with Gasteiger partial charge in [0, 0.05) is 0 Å². The van der Waals surface area contributed by atoms with Crippen molar-refractivity contribution in [2.24, 2.45) is 0 Å². The lowest BCUT2D eigenvalue weighted by Crippen LogP contribution is -2.51. The average molecular weight is 613 g/mol. The van der Waals surface area contributed by atoms with Gasteiger partial charge in [0.2, 0.25) is 6.71 Å². The summed E-state index contributed by atoms with van der Waals surface area (Å²) in [6.07, 6.45) is 8.07. The third-order valence-corrected chi connectivity index (χ3v) is 10.8. The Morgan fingerprint density at radius 3 is 1.81 bits per heavy atom. The van der Waals surface area contributed by atoms with Gasteiger partial charge in [0.15, 0.2) is 0 Å². The molecular formula is C47H37B. The minimum Gasteiger partial charge on any atom is -0.0869 e. The van der Waals surface area contributed by atoms with E-state index in [0.717, 1.165) is 19.3 Å². The molecule has 7 aromatic carbocycles. The molecule has 0 unspecified atom stereocenters. The highest BCUT2D eigenvalue weighted by Gasteiger charge is 2.34. The minimum absolute atomic E-state index is 0.330. The molecule has 48 heavy (non-hydrogen) atoms. The number of rotatable bonds is 4. The number of hydrogen-bond donors (Lipinski definition) is 0. The van der Waals surface area contributed by atoms with Crippen LogP contribution in [0.2, 0.25) is 0 Å². The summed E-state index contributed by atoms with van der Waals surface area (Å²) < 4.78 is 0. The van der Waals surface area contributed by atoms with Crippen LogP contribution in [-0.4, -0.2) is 6.71 Å². The molecule has 0 fully saturated rings. The normalized spacial score (nSPS) is 14.0. The standard InChI is InChI=1S/C47H37B/c1-31-15-6-12-25-43(31)48-44-26-13-7-18-35(44)29-38-30-37(27-32(2)47(38)48)34-19-14-20-36(28-34)46-41-23-10-8-21-39(41)45(33-16-4-3-5-17-33)40-22-9-11-24-42(40)46/h3-12,14-25,27-28,30H,13,26,29H2,1-2H3. The summed E-state index contributed by atoms with van der Waals surface area (Å²) >= 11 is 0. The third-order valence-electron chi connectivity index (χ3n) is 10.8. The van der Waals surface area contributed by atoms with Crippen LogP contribution >= 0.6 is 0 Å². The van der Waals surface area contributed by atoms with Gasteiger partial charge in [-0.05, 0) is 99.7 Å². The first-order chi connectivity index (χ1) is 23.7. The van der Waals surface area contributed by atoms with Crippen molar-refractivity contribution in [2.45, 2.75) is 33.1 Å². The lowest BCUT2D eigenvalue weighted by molar-refractivity contribution is 0.962. The summed E-state index contributed by atoms with van der Waals surface area (Å²) in [4.78, 5) is 0. The van der Waals surface area contributed by atoms with Crippen molar-refractivity contribution < 1.29 is 0 Å². The Bertz CT molecular complexity index is 2390. The Hall–Kier alpha value is -5.40. The van der Waals surface area contributed by atoms with Gasteiger partial charge < -0.3 is 0 Å². The molecule has 2 aliphatic rings. The Labute approximate surface area is 284 Å². The maximum atomic E-state index is 2.49. The Morgan fingerprint density at radius 1 is 0.500 bits per heavy atom. The molecule has 1 heteroatoms. The molecule has 0 spiro atoms. The van der Waals surface area contributed by atoms with Gasteiger partial charge in [-0.25, -0.2) is 0 Å². The van der Waals surface area contributed by atoms with Gasteiger partial charge in [0.1, 0.15) is 0 Å². The first kappa shape index (κ1) is 28.8. The number of benzene rings is 7. The lowest BCUT2D eigenvalue weighted by atomic mass is 9.31. The topological polar surface area (TPSA) is 0 Å². The van der Waals surface area contributed by atoms with Crippen LogP contribution in [0.5, 0.6) is 0 Å². The van der Waals surface area contributed by atoms with Crippen molar-refractivity contribution >= 4 is 39.2 Å². The SMILES string of the molecule is Cc1ccccc1B1C2=C(C=CCC2)Cc2cc(-c3cccc(-c4c5ccccc5c(-c5ccccc5)c5ccccc45)c3)cc(C)c21. The van der Waals surface area contributed by atoms with Crippen molar-refractivity contribution in [1.82, 2.24) is 0 Å². The van der Waals surface area contributed by atoms with Gasteiger partial charge in [0.25, 0.3) is 0 Å². The summed E-state index contributed by atoms with van der Waals surface area (Å²) in [6.45, 7) is 4.94. The molecule has 1 aliphatic carbocycles. The fourth-order valence-corrected chi connectivity index (χ4v) is 8.67. The van der Waals surface area contributed by atoms with E-state index >= 15 is 0 Å². The zero-order valence-corrected chi connectivity index (χ0v) is 27.6. The molecule has 0 nitrogen and oxygen atoms in total. The van der Waals surface area contributed by atoms with E-state index < -0.39 is 0 Å². The van der Waals surface area contributed by atoms with Crippen LogP contribution in [0, 0.1) is 13.8 Å². The molecule has 1 aliphatic heterocycles. The van der Waals surface area contributed by atoms with Crippen LogP contribution in [0.15, 0.2) is 163 Å². The first-order valence-corrected chi connectivity index (χ1v) is 17.3. The van der Waals surface area contributed by atoms with Gasteiger partial charge in [0.05, 0.1) is 0 Å². The average Bonchev–Trinajstić information content (AvgIpc) is 3.13. The van der Waals surface area contributed by atoms with Crippen LogP contribution in [-0.2, 0) is 6.42 Å². The maximum absolute atomic E-state index is 2.49. The highest BCUT2D eigenvalue weighted by molar-refractivity contribution is 6.92. The van der Waals surface area contributed by atoms with E-state index in [1.807, 2.05) is 0 Å². The molecular weight excluding hydrogens is 575 g/mol. The van der Waals surface area contributed by atoms with Crippen molar-refractivity contribution in [1.29, 1.82) is 0 Å². The lowest BCUT2D eigenvalue weighted by Gasteiger charge is -2.33. The summed E-state index contributed by atoms with van der Waals surface area (Å²) in [5, 5.41) is 5.16. The summed E-state index contributed by atoms with van der Waals surface area (Å²) in [5.74, 6) is 0. The van der Waals surface area contributed by atoms with E-state index in [4.69, 9.17) is 0 Å². The van der Waals surface area contributed by atoms with E-state index in [1.54, 1.807) is 5.47 Å². The quantitative estimate of drug-likeness (QED) is 0.137. The Morgan fingerprint density at radius 2 is 1.10 bits per heavy atom. The van der Waals surface area contributed by atoms with E-state index in [2.05, 4.69) is 166 Å². The van der Waals surface area contributed by atoms with Gasteiger partial charge in [-0.15, -0.1) is 0 Å². The van der Waals surface area contributed by atoms with E-state index in [-0.39, 0.29) is 0 Å². The molecule has 0 amide bonds. The van der Waals surface area contributed by atoms with E-state index in [0.29, 0.717) is 6.71 Å². The molecule has 9 rings (SSSR count). The van der Waals surface area contributed by atoms with Crippen molar-refractivity contribution in [2.75, 3.05) is 0 Å². The molecule has 0 N–H and O–H groups in total. The summed E-state index contributed by atoms with van der Waals surface area (Å²) in [5.41, 5.74) is 18.0.